The van der Waals surface area contributed by atoms with Gasteiger partial charge in [-0.2, -0.15) is 10.1 Å². The first-order valence-corrected chi connectivity index (χ1v) is 7.32. The van der Waals surface area contributed by atoms with Gasteiger partial charge in [0.1, 0.15) is 5.75 Å². The molecule has 23 heavy (non-hydrogen) atoms. The molecule has 2 aromatic heterocycles. The molecule has 7 heteroatoms. The van der Waals surface area contributed by atoms with Crippen molar-refractivity contribution >= 4 is 0 Å². The number of likely N-dealkylation sites (N-methyl/N-ethyl adjacent to an activating group) is 1. The lowest BCUT2D eigenvalue weighted by molar-refractivity contribution is 0.373. The maximum absolute atomic E-state index is 5.32. The van der Waals surface area contributed by atoms with E-state index in [4.69, 9.17) is 9.26 Å². The monoisotopic (exact) mass is 313 g/mol. The van der Waals surface area contributed by atoms with Crippen LogP contribution in [-0.2, 0) is 6.54 Å². The Morgan fingerprint density at radius 2 is 1.96 bits per heavy atom. The Hall–Kier alpha value is -2.67. The summed E-state index contributed by atoms with van der Waals surface area (Å²) in [6, 6.07) is 9.38. The summed E-state index contributed by atoms with van der Waals surface area (Å²) < 4.78 is 12.3. The highest BCUT2D eigenvalue weighted by atomic mass is 16.5. The van der Waals surface area contributed by atoms with Gasteiger partial charge >= 0.3 is 0 Å². The second-order valence-electron chi connectivity index (χ2n) is 5.42. The first-order valence-electron chi connectivity index (χ1n) is 7.32. The minimum absolute atomic E-state index is 0.416. The number of hydrogen-bond acceptors (Lipinski definition) is 6. The van der Waals surface area contributed by atoms with Crippen molar-refractivity contribution in [1.29, 1.82) is 0 Å². The summed E-state index contributed by atoms with van der Waals surface area (Å²) in [5.74, 6) is 1.74. The molecule has 0 fully saturated rings. The molecule has 1 aromatic carbocycles. The average molecular weight is 313 g/mol. The van der Waals surface area contributed by atoms with Gasteiger partial charge in [-0.1, -0.05) is 5.16 Å². The van der Waals surface area contributed by atoms with E-state index in [1.807, 2.05) is 55.3 Å². The van der Waals surface area contributed by atoms with Gasteiger partial charge in [0.2, 0.25) is 5.82 Å². The third kappa shape index (κ3) is 3.57. The quantitative estimate of drug-likeness (QED) is 0.694. The molecule has 0 saturated heterocycles. The minimum Gasteiger partial charge on any atom is -0.497 e. The van der Waals surface area contributed by atoms with Crippen LogP contribution in [0.3, 0.4) is 0 Å². The van der Waals surface area contributed by atoms with Gasteiger partial charge in [-0.15, -0.1) is 0 Å². The first kappa shape index (κ1) is 15.2. The van der Waals surface area contributed by atoms with E-state index in [1.165, 1.54) is 0 Å². The number of aromatic nitrogens is 4. The third-order valence-corrected chi connectivity index (χ3v) is 3.41. The van der Waals surface area contributed by atoms with Crippen molar-refractivity contribution in [3.63, 3.8) is 0 Å². The number of ether oxygens (including phenoxy) is 1. The Labute approximate surface area is 134 Å². The van der Waals surface area contributed by atoms with Crippen molar-refractivity contribution in [3.8, 4) is 28.7 Å². The second kappa shape index (κ2) is 6.62. The fraction of sp³-hybridized carbons (Fsp3) is 0.312. The number of hydrogen-bond donors (Lipinski definition) is 0. The zero-order valence-electron chi connectivity index (χ0n) is 13.4. The van der Waals surface area contributed by atoms with Crippen LogP contribution in [0.5, 0.6) is 5.75 Å². The Morgan fingerprint density at radius 1 is 1.17 bits per heavy atom. The molecular weight excluding hydrogens is 294 g/mol. The molecule has 2 heterocycles. The summed E-state index contributed by atoms with van der Waals surface area (Å²) in [4.78, 5) is 6.52. The molecule has 3 rings (SSSR count). The third-order valence-electron chi connectivity index (χ3n) is 3.41. The van der Waals surface area contributed by atoms with Crippen molar-refractivity contribution in [2.75, 3.05) is 27.7 Å². The zero-order valence-corrected chi connectivity index (χ0v) is 13.4. The lowest BCUT2D eigenvalue weighted by Gasteiger charge is -2.08. The van der Waals surface area contributed by atoms with Gasteiger partial charge in [-0.3, -0.25) is 4.68 Å². The summed E-state index contributed by atoms with van der Waals surface area (Å²) in [5.41, 5.74) is 1.55. The van der Waals surface area contributed by atoms with E-state index in [-0.39, 0.29) is 0 Å². The molecule has 3 aromatic rings. The smallest absolute Gasteiger partial charge is 0.278 e. The van der Waals surface area contributed by atoms with Crippen molar-refractivity contribution in [2.45, 2.75) is 6.54 Å². The fourth-order valence-electron chi connectivity index (χ4n) is 2.09. The Kier molecular flexibility index (Phi) is 4.38. The van der Waals surface area contributed by atoms with E-state index >= 15 is 0 Å². The Balaban J connectivity index is 1.76. The van der Waals surface area contributed by atoms with Crippen LogP contribution in [-0.4, -0.2) is 52.6 Å². The minimum atomic E-state index is 0.416. The molecule has 0 amide bonds. The van der Waals surface area contributed by atoms with Crippen LogP contribution in [0, 0.1) is 0 Å². The fourth-order valence-corrected chi connectivity index (χ4v) is 2.09. The molecule has 0 saturated carbocycles. The predicted molar refractivity (Wildman–Crippen MR) is 86.1 cm³/mol. The van der Waals surface area contributed by atoms with Crippen molar-refractivity contribution in [3.05, 3.63) is 36.5 Å². The van der Waals surface area contributed by atoms with Crippen LogP contribution < -0.4 is 4.74 Å². The largest absolute Gasteiger partial charge is 0.497 e. The van der Waals surface area contributed by atoms with Gasteiger partial charge in [0.15, 0.2) is 5.69 Å². The van der Waals surface area contributed by atoms with E-state index in [9.17, 15) is 0 Å². The van der Waals surface area contributed by atoms with Gasteiger partial charge in [0.25, 0.3) is 5.89 Å². The maximum Gasteiger partial charge on any atom is 0.278 e. The molecule has 0 unspecified atom stereocenters. The molecule has 0 N–H and O–H groups in total. The van der Waals surface area contributed by atoms with Gasteiger partial charge < -0.3 is 14.2 Å². The number of methoxy groups -OCH3 is 1. The SMILES string of the molecule is COc1ccc(-c2noc(-c3ccn(CCN(C)C)n3)n2)cc1. The molecule has 0 bridgehead atoms. The van der Waals surface area contributed by atoms with Gasteiger partial charge in [0.05, 0.1) is 13.7 Å². The van der Waals surface area contributed by atoms with Gasteiger partial charge in [-0.25, -0.2) is 0 Å². The standard InChI is InChI=1S/C16H19N5O2/c1-20(2)10-11-21-9-8-14(18-21)16-17-15(19-23-16)12-4-6-13(22-3)7-5-12/h4-9H,10-11H2,1-3H3. The van der Waals surface area contributed by atoms with Crippen molar-refractivity contribution in [1.82, 2.24) is 24.8 Å². The van der Waals surface area contributed by atoms with E-state index in [0.717, 1.165) is 24.4 Å². The van der Waals surface area contributed by atoms with Crippen LogP contribution in [0.25, 0.3) is 23.0 Å². The molecule has 7 nitrogen and oxygen atoms in total. The van der Waals surface area contributed by atoms with E-state index < -0.39 is 0 Å². The summed E-state index contributed by atoms with van der Waals surface area (Å²) >= 11 is 0. The summed E-state index contributed by atoms with van der Waals surface area (Å²) in [6.45, 7) is 1.73. The molecule has 0 atom stereocenters. The highest BCUT2D eigenvalue weighted by Crippen LogP contribution is 2.22. The molecular formula is C16H19N5O2. The molecule has 0 radical (unpaired) electrons. The molecule has 0 aliphatic carbocycles. The van der Waals surface area contributed by atoms with Crippen LogP contribution >= 0.6 is 0 Å². The number of nitrogens with zero attached hydrogens (tertiary/aromatic N) is 5. The topological polar surface area (TPSA) is 69.2 Å². The summed E-state index contributed by atoms with van der Waals surface area (Å²) in [5, 5.41) is 8.48. The molecule has 0 spiro atoms. The van der Waals surface area contributed by atoms with Crippen molar-refractivity contribution < 1.29 is 9.26 Å². The lowest BCUT2D eigenvalue weighted by atomic mass is 10.2. The molecule has 0 aliphatic heterocycles. The van der Waals surface area contributed by atoms with Crippen LogP contribution in [0.15, 0.2) is 41.1 Å². The van der Waals surface area contributed by atoms with E-state index in [1.54, 1.807) is 7.11 Å². The Bertz CT molecular complexity index is 761. The average Bonchev–Trinajstić information content (AvgIpc) is 3.22. The molecule has 0 aliphatic rings. The van der Waals surface area contributed by atoms with E-state index in [0.29, 0.717) is 17.4 Å². The number of rotatable bonds is 6. The number of benzene rings is 1. The van der Waals surface area contributed by atoms with E-state index in [2.05, 4.69) is 20.1 Å². The van der Waals surface area contributed by atoms with Crippen LogP contribution in [0.2, 0.25) is 0 Å². The first-order chi connectivity index (χ1) is 11.2. The lowest BCUT2D eigenvalue weighted by Crippen LogP contribution is -2.18. The predicted octanol–water partition coefficient (Wildman–Crippen LogP) is 2.17. The summed E-state index contributed by atoms with van der Waals surface area (Å²) in [6.07, 6.45) is 1.91. The van der Waals surface area contributed by atoms with Gasteiger partial charge in [0, 0.05) is 18.3 Å². The normalized spacial score (nSPS) is 11.1. The van der Waals surface area contributed by atoms with Crippen LogP contribution in [0.4, 0.5) is 0 Å². The highest BCUT2D eigenvalue weighted by molar-refractivity contribution is 5.58. The Morgan fingerprint density at radius 3 is 2.65 bits per heavy atom. The van der Waals surface area contributed by atoms with Gasteiger partial charge in [-0.05, 0) is 44.4 Å². The molecule has 120 valence electrons. The second-order valence-corrected chi connectivity index (χ2v) is 5.42. The van der Waals surface area contributed by atoms with Crippen molar-refractivity contribution in [2.24, 2.45) is 0 Å². The summed E-state index contributed by atoms with van der Waals surface area (Å²) in [7, 11) is 5.70. The maximum atomic E-state index is 5.32. The van der Waals surface area contributed by atoms with Crippen LogP contribution in [0.1, 0.15) is 0 Å². The zero-order chi connectivity index (χ0) is 16.2. The highest BCUT2D eigenvalue weighted by Gasteiger charge is 2.13.